The average molecular weight is 225 g/mol. The topological polar surface area (TPSA) is 40.5 Å². The molecule has 0 aromatic rings. The fourth-order valence-electron chi connectivity index (χ4n) is 3.43. The zero-order valence-corrected chi connectivity index (χ0v) is 10.2. The Morgan fingerprint density at radius 2 is 1.88 bits per heavy atom. The lowest BCUT2D eigenvalue weighted by atomic mass is 10.1. The first-order valence-corrected chi connectivity index (χ1v) is 6.64. The van der Waals surface area contributed by atoms with Gasteiger partial charge in [-0.2, -0.15) is 0 Å². The van der Waals surface area contributed by atoms with Crippen molar-refractivity contribution in [1.82, 2.24) is 4.90 Å². The van der Waals surface area contributed by atoms with Crippen LogP contribution >= 0.6 is 0 Å². The Bertz CT molecular complexity index is 248. The van der Waals surface area contributed by atoms with Gasteiger partial charge in [0, 0.05) is 12.1 Å². The Labute approximate surface area is 97.8 Å². The van der Waals surface area contributed by atoms with Gasteiger partial charge in [0.1, 0.15) is 0 Å². The Morgan fingerprint density at radius 1 is 1.19 bits per heavy atom. The smallest absolute Gasteiger partial charge is 0.317 e. The number of hydrogen-bond acceptors (Lipinski definition) is 2. The molecule has 0 saturated heterocycles. The van der Waals surface area contributed by atoms with Crippen molar-refractivity contribution in [2.24, 2.45) is 5.92 Å². The highest BCUT2D eigenvalue weighted by molar-refractivity contribution is 5.69. The summed E-state index contributed by atoms with van der Waals surface area (Å²) in [5.74, 6) is 0.120. The monoisotopic (exact) mass is 225 g/mol. The van der Waals surface area contributed by atoms with Crippen LogP contribution < -0.4 is 0 Å². The quantitative estimate of drug-likeness (QED) is 0.799. The van der Waals surface area contributed by atoms with Crippen molar-refractivity contribution in [1.29, 1.82) is 0 Å². The molecular formula is C13H23NO2. The molecule has 0 radical (unpaired) electrons. The van der Waals surface area contributed by atoms with Gasteiger partial charge in [0.15, 0.2) is 0 Å². The lowest BCUT2D eigenvalue weighted by molar-refractivity contribution is -0.139. The zero-order valence-electron chi connectivity index (χ0n) is 10.2. The van der Waals surface area contributed by atoms with E-state index in [2.05, 4.69) is 11.8 Å². The maximum absolute atomic E-state index is 11.0. The Balaban J connectivity index is 1.98. The van der Waals surface area contributed by atoms with Gasteiger partial charge in [-0.1, -0.05) is 19.8 Å². The molecular weight excluding hydrogens is 202 g/mol. The molecule has 0 amide bonds. The summed E-state index contributed by atoms with van der Waals surface area (Å²) >= 11 is 0. The van der Waals surface area contributed by atoms with Gasteiger partial charge in [0.05, 0.1) is 6.54 Å². The number of rotatable bonds is 4. The molecule has 2 aliphatic carbocycles. The van der Waals surface area contributed by atoms with Gasteiger partial charge in [-0.15, -0.1) is 0 Å². The van der Waals surface area contributed by atoms with E-state index >= 15 is 0 Å². The van der Waals surface area contributed by atoms with E-state index in [1.54, 1.807) is 0 Å². The predicted molar refractivity (Wildman–Crippen MR) is 63.4 cm³/mol. The first-order valence-electron chi connectivity index (χ1n) is 6.64. The third-order valence-corrected chi connectivity index (χ3v) is 4.25. The number of carboxylic acids is 1. The summed E-state index contributed by atoms with van der Waals surface area (Å²) in [7, 11) is 0. The second-order valence-electron chi connectivity index (χ2n) is 5.58. The van der Waals surface area contributed by atoms with Crippen molar-refractivity contribution >= 4 is 5.97 Å². The van der Waals surface area contributed by atoms with E-state index in [0.717, 1.165) is 5.92 Å². The largest absolute Gasteiger partial charge is 0.480 e. The lowest BCUT2D eigenvalue weighted by Crippen LogP contribution is -2.44. The maximum Gasteiger partial charge on any atom is 0.317 e. The fourth-order valence-corrected chi connectivity index (χ4v) is 3.43. The minimum absolute atomic E-state index is 0.252. The van der Waals surface area contributed by atoms with Gasteiger partial charge >= 0.3 is 5.97 Å². The number of carboxylic acid groups (broad SMARTS) is 1. The summed E-state index contributed by atoms with van der Waals surface area (Å²) in [4.78, 5) is 13.3. The highest BCUT2D eigenvalue weighted by Crippen LogP contribution is 2.33. The van der Waals surface area contributed by atoms with Gasteiger partial charge in [0.25, 0.3) is 0 Å². The summed E-state index contributed by atoms with van der Waals surface area (Å²) in [6, 6.07) is 1.08. The molecule has 3 heteroatoms. The molecule has 1 N–H and O–H groups in total. The lowest BCUT2D eigenvalue weighted by Gasteiger charge is -2.33. The molecule has 2 unspecified atom stereocenters. The van der Waals surface area contributed by atoms with E-state index in [0.29, 0.717) is 12.1 Å². The van der Waals surface area contributed by atoms with Gasteiger partial charge in [0.2, 0.25) is 0 Å². The summed E-state index contributed by atoms with van der Waals surface area (Å²) in [6.07, 6.45) is 8.64. The molecule has 0 aromatic carbocycles. The Hall–Kier alpha value is -0.570. The van der Waals surface area contributed by atoms with Crippen molar-refractivity contribution in [3.8, 4) is 0 Å². The molecule has 2 atom stereocenters. The molecule has 0 bridgehead atoms. The predicted octanol–water partition coefficient (Wildman–Crippen LogP) is 2.50. The van der Waals surface area contributed by atoms with Crippen LogP contribution in [0.15, 0.2) is 0 Å². The molecule has 2 aliphatic rings. The third kappa shape index (κ3) is 2.76. The van der Waals surface area contributed by atoms with Crippen molar-refractivity contribution in [2.75, 3.05) is 6.54 Å². The van der Waals surface area contributed by atoms with Crippen molar-refractivity contribution in [3.05, 3.63) is 0 Å². The molecule has 2 rings (SSSR count). The zero-order chi connectivity index (χ0) is 11.5. The summed E-state index contributed by atoms with van der Waals surface area (Å²) in [5, 5.41) is 9.03. The van der Waals surface area contributed by atoms with Crippen LogP contribution in [0.5, 0.6) is 0 Å². The molecule has 0 heterocycles. The summed E-state index contributed by atoms with van der Waals surface area (Å²) < 4.78 is 0. The highest BCUT2D eigenvalue weighted by atomic mass is 16.4. The first kappa shape index (κ1) is 11.9. The van der Waals surface area contributed by atoms with Crippen LogP contribution in [0.1, 0.15) is 51.9 Å². The Morgan fingerprint density at radius 3 is 2.38 bits per heavy atom. The minimum Gasteiger partial charge on any atom is -0.480 e. The van der Waals surface area contributed by atoms with E-state index in [1.165, 1.54) is 44.9 Å². The van der Waals surface area contributed by atoms with Gasteiger partial charge in [-0.05, 0) is 38.0 Å². The number of carbonyl (C=O) groups is 1. The second kappa shape index (κ2) is 5.17. The summed E-state index contributed by atoms with van der Waals surface area (Å²) in [5.41, 5.74) is 0. The van der Waals surface area contributed by atoms with Crippen LogP contribution in [-0.4, -0.2) is 34.6 Å². The van der Waals surface area contributed by atoms with E-state index in [9.17, 15) is 4.79 Å². The highest BCUT2D eigenvalue weighted by Gasteiger charge is 2.33. The van der Waals surface area contributed by atoms with Crippen molar-refractivity contribution < 1.29 is 9.90 Å². The molecule has 2 fully saturated rings. The minimum atomic E-state index is -0.661. The number of aliphatic carboxylic acids is 1. The first-order chi connectivity index (χ1) is 7.66. The molecule has 0 spiro atoms. The second-order valence-corrected chi connectivity index (χ2v) is 5.58. The van der Waals surface area contributed by atoms with Gasteiger partial charge < -0.3 is 5.11 Å². The SMILES string of the molecule is CC1CCC(N(CC(=O)O)C2CCCC2)C1. The van der Waals surface area contributed by atoms with E-state index in [4.69, 9.17) is 5.11 Å². The van der Waals surface area contributed by atoms with E-state index in [-0.39, 0.29) is 6.54 Å². The number of nitrogens with zero attached hydrogens (tertiary/aromatic N) is 1. The summed E-state index contributed by atoms with van der Waals surface area (Å²) in [6.45, 7) is 2.54. The van der Waals surface area contributed by atoms with Crippen LogP contribution in [0.2, 0.25) is 0 Å². The molecule has 2 saturated carbocycles. The van der Waals surface area contributed by atoms with Gasteiger partial charge in [-0.25, -0.2) is 0 Å². The third-order valence-electron chi connectivity index (χ3n) is 4.25. The van der Waals surface area contributed by atoms with E-state index < -0.39 is 5.97 Å². The van der Waals surface area contributed by atoms with Crippen LogP contribution in [0.25, 0.3) is 0 Å². The molecule has 0 aromatic heterocycles. The van der Waals surface area contributed by atoms with E-state index in [1.807, 2.05) is 0 Å². The van der Waals surface area contributed by atoms with Crippen LogP contribution in [-0.2, 0) is 4.79 Å². The normalized spacial score (nSPS) is 31.4. The van der Waals surface area contributed by atoms with Crippen molar-refractivity contribution in [3.63, 3.8) is 0 Å². The van der Waals surface area contributed by atoms with Crippen molar-refractivity contribution in [2.45, 2.75) is 64.0 Å². The molecule has 92 valence electrons. The Kier molecular flexibility index (Phi) is 3.85. The maximum atomic E-state index is 11.0. The number of hydrogen-bond donors (Lipinski definition) is 1. The fraction of sp³-hybridized carbons (Fsp3) is 0.923. The molecule has 3 nitrogen and oxygen atoms in total. The van der Waals surface area contributed by atoms with Crippen LogP contribution in [0, 0.1) is 5.92 Å². The average Bonchev–Trinajstić information content (AvgIpc) is 2.84. The van der Waals surface area contributed by atoms with Crippen LogP contribution in [0.4, 0.5) is 0 Å². The molecule has 0 aliphatic heterocycles. The molecule has 16 heavy (non-hydrogen) atoms. The standard InChI is InChI=1S/C13H23NO2/c1-10-6-7-12(8-10)14(9-13(15)16)11-4-2-3-5-11/h10-12H,2-9H2,1H3,(H,15,16). The van der Waals surface area contributed by atoms with Crippen LogP contribution in [0.3, 0.4) is 0 Å². The van der Waals surface area contributed by atoms with Gasteiger partial charge in [-0.3, -0.25) is 9.69 Å².